The highest BCUT2D eigenvalue weighted by molar-refractivity contribution is 5.92. The van der Waals surface area contributed by atoms with Crippen molar-refractivity contribution in [3.05, 3.63) is 89.7 Å². The first-order chi connectivity index (χ1) is 15.1. The maximum Gasteiger partial charge on any atom is 0.262 e. The molecule has 3 aromatic carbocycles. The van der Waals surface area contributed by atoms with Crippen LogP contribution < -0.4 is 10.1 Å². The van der Waals surface area contributed by atoms with Crippen molar-refractivity contribution in [2.75, 3.05) is 11.9 Å². The average Bonchev–Trinajstić information content (AvgIpc) is 3.21. The summed E-state index contributed by atoms with van der Waals surface area (Å²) in [5.41, 5.74) is 4.76. The Morgan fingerprint density at radius 3 is 2.68 bits per heavy atom. The number of benzene rings is 3. The van der Waals surface area contributed by atoms with Gasteiger partial charge in [-0.05, 0) is 60.5 Å². The summed E-state index contributed by atoms with van der Waals surface area (Å²) in [6, 6.07) is 24.6. The number of rotatable bonds is 6. The maximum absolute atomic E-state index is 12.1. The summed E-state index contributed by atoms with van der Waals surface area (Å²) in [5, 5.41) is 12.4. The van der Waals surface area contributed by atoms with Crippen molar-refractivity contribution >= 4 is 34.3 Å². The molecule has 1 amide bonds. The van der Waals surface area contributed by atoms with Crippen LogP contribution in [-0.2, 0) is 4.79 Å². The molecule has 4 rings (SSSR count). The number of aromatic nitrogens is 2. The number of nitriles is 1. The van der Waals surface area contributed by atoms with Crippen molar-refractivity contribution in [1.29, 1.82) is 5.26 Å². The minimum Gasteiger partial charge on any atom is -0.484 e. The molecule has 1 aromatic heterocycles. The number of anilines is 1. The molecule has 0 fully saturated rings. The molecular formula is C25H20N4O2. The molecule has 6 heteroatoms. The van der Waals surface area contributed by atoms with E-state index in [-0.39, 0.29) is 12.5 Å². The van der Waals surface area contributed by atoms with Gasteiger partial charge in [0.25, 0.3) is 5.91 Å². The van der Waals surface area contributed by atoms with Gasteiger partial charge in [-0.3, -0.25) is 4.79 Å². The number of amides is 1. The number of nitrogens with one attached hydrogen (secondary N) is 2. The van der Waals surface area contributed by atoms with Crippen molar-refractivity contribution in [1.82, 2.24) is 9.97 Å². The summed E-state index contributed by atoms with van der Waals surface area (Å²) in [6.45, 7) is 1.87. The van der Waals surface area contributed by atoms with Crippen LogP contribution in [-0.4, -0.2) is 22.5 Å². The van der Waals surface area contributed by atoms with Crippen LogP contribution in [0.2, 0.25) is 0 Å². The molecule has 4 aromatic rings. The van der Waals surface area contributed by atoms with Crippen molar-refractivity contribution < 1.29 is 9.53 Å². The number of nitrogens with zero attached hydrogens (tertiary/aromatic N) is 2. The number of H-pyrrole nitrogens is 1. The Morgan fingerprint density at radius 1 is 1.13 bits per heavy atom. The van der Waals surface area contributed by atoms with E-state index < -0.39 is 0 Å². The largest absolute Gasteiger partial charge is 0.484 e. The molecule has 0 unspecified atom stereocenters. The van der Waals surface area contributed by atoms with Crippen LogP contribution in [0.5, 0.6) is 5.75 Å². The molecule has 0 bridgehead atoms. The van der Waals surface area contributed by atoms with Crippen LogP contribution in [0.4, 0.5) is 5.69 Å². The standard InChI is InChI=1S/C25H20N4O2/c1-17-5-4-6-20(13-17)27-24(30)16-31-21-11-9-18(10-12-21)14-19(15-26)25-28-22-7-2-3-8-23(22)29-25/h2-14H,16H2,1H3,(H,27,30)(H,28,29)/b19-14+. The highest BCUT2D eigenvalue weighted by Crippen LogP contribution is 2.20. The molecule has 0 radical (unpaired) electrons. The van der Waals surface area contributed by atoms with E-state index in [1.165, 1.54) is 0 Å². The molecule has 0 saturated carbocycles. The Bertz CT molecular complexity index is 1260. The summed E-state index contributed by atoms with van der Waals surface area (Å²) in [6.07, 6.45) is 1.76. The third-order valence-corrected chi connectivity index (χ3v) is 4.63. The Labute approximate surface area is 179 Å². The van der Waals surface area contributed by atoms with E-state index in [0.717, 1.165) is 27.8 Å². The number of carbonyl (C=O) groups is 1. The average molecular weight is 408 g/mol. The predicted octanol–water partition coefficient (Wildman–Crippen LogP) is 4.95. The van der Waals surface area contributed by atoms with Crippen LogP contribution in [0.25, 0.3) is 22.7 Å². The van der Waals surface area contributed by atoms with Crippen molar-refractivity contribution in [3.8, 4) is 11.8 Å². The Hall–Kier alpha value is -4.37. The third kappa shape index (κ3) is 4.98. The second kappa shape index (κ2) is 8.97. The normalized spacial score (nSPS) is 11.2. The van der Waals surface area contributed by atoms with E-state index in [4.69, 9.17) is 4.74 Å². The molecular weight excluding hydrogens is 388 g/mol. The molecule has 31 heavy (non-hydrogen) atoms. The zero-order chi connectivity index (χ0) is 21.6. The first-order valence-electron chi connectivity index (χ1n) is 9.77. The Morgan fingerprint density at radius 2 is 1.94 bits per heavy atom. The van der Waals surface area contributed by atoms with Gasteiger partial charge in [-0.1, -0.05) is 36.4 Å². The number of imidazole rings is 1. The lowest BCUT2D eigenvalue weighted by Crippen LogP contribution is -2.20. The smallest absolute Gasteiger partial charge is 0.262 e. The summed E-state index contributed by atoms with van der Waals surface area (Å²) in [7, 11) is 0. The zero-order valence-electron chi connectivity index (χ0n) is 16.9. The molecule has 152 valence electrons. The van der Waals surface area contributed by atoms with Gasteiger partial charge in [0.1, 0.15) is 17.6 Å². The monoisotopic (exact) mass is 408 g/mol. The van der Waals surface area contributed by atoms with Crippen LogP contribution in [0, 0.1) is 18.3 Å². The van der Waals surface area contributed by atoms with Crippen molar-refractivity contribution in [2.24, 2.45) is 0 Å². The number of hydrogen-bond acceptors (Lipinski definition) is 4. The van der Waals surface area contributed by atoms with Gasteiger partial charge in [0.2, 0.25) is 0 Å². The number of fused-ring (bicyclic) bond motifs is 1. The van der Waals surface area contributed by atoms with E-state index in [1.54, 1.807) is 18.2 Å². The second-order valence-corrected chi connectivity index (χ2v) is 7.05. The summed E-state index contributed by atoms with van der Waals surface area (Å²) in [4.78, 5) is 19.7. The van der Waals surface area contributed by atoms with Crippen LogP contribution in [0.1, 0.15) is 17.0 Å². The lowest BCUT2D eigenvalue weighted by atomic mass is 10.1. The summed E-state index contributed by atoms with van der Waals surface area (Å²) in [5.74, 6) is 0.863. The summed E-state index contributed by atoms with van der Waals surface area (Å²) >= 11 is 0. The molecule has 0 aliphatic carbocycles. The van der Waals surface area contributed by atoms with Crippen LogP contribution >= 0.6 is 0 Å². The molecule has 0 aliphatic heterocycles. The molecule has 6 nitrogen and oxygen atoms in total. The van der Waals surface area contributed by atoms with E-state index in [2.05, 4.69) is 21.4 Å². The van der Waals surface area contributed by atoms with Gasteiger partial charge in [-0.15, -0.1) is 0 Å². The molecule has 0 aliphatic rings. The van der Waals surface area contributed by atoms with E-state index in [0.29, 0.717) is 17.1 Å². The molecule has 0 atom stereocenters. The lowest BCUT2D eigenvalue weighted by molar-refractivity contribution is -0.118. The molecule has 0 spiro atoms. The predicted molar refractivity (Wildman–Crippen MR) is 121 cm³/mol. The molecule has 0 saturated heterocycles. The van der Waals surface area contributed by atoms with Gasteiger partial charge in [-0.25, -0.2) is 4.98 Å². The van der Waals surface area contributed by atoms with Gasteiger partial charge in [0.05, 0.1) is 16.6 Å². The number of carbonyl (C=O) groups excluding carboxylic acids is 1. The fourth-order valence-corrected chi connectivity index (χ4v) is 3.13. The van der Waals surface area contributed by atoms with E-state index in [1.807, 2.05) is 67.6 Å². The highest BCUT2D eigenvalue weighted by atomic mass is 16.5. The number of aryl methyl sites for hydroxylation is 1. The van der Waals surface area contributed by atoms with Crippen molar-refractivity contribution in [2.45, 2.75) is 6.92 Å². The molecule has 1 heterocycles. The Kier molecular flexibility index (Phi) is 5.77. The third-order valence-electron chi connectivity index (χ3n) is 4.63. The van der Waals surface area contributed by atoms with Crippen LogP contribution in [0.3, 0.4) is 0 Å². The SMILES string of the molecule is Cc1cccc(NC(=O)COc2ccc(/C=C(\C#N)c3nc4ccccc4[nH]3)cc2)c1. The minimum atomic E-state index is -0.230. The van der Waals surface area contributed by atoms with Gasteiger partial charge >= 0.3 is 0 Å². The molecule has 2 N–H and O–H groups in total. The topological polar surface area (TPSA) is 90.8 Å². The zero-order valence-corrected chi connectivity index (χ0v) is 16.9. The maximum atomic E-state index is 12.1. The minimum absolute atomic E-state index is 0.0917. The van der Waals surface area contributed by atoms with Gasteiger partial charge in [0, 0.05) is 5.69 Å². The Balaban J connectivity index is 1.40. The number of para-hydroxylation sites is 2. The quantitative estimate of drug-likeness (QED) is 0.442. The number of aromatic amines is 1. The fraction of sp³-hybridized carbons (Fsp3) is 0.0800. The number of ether oxygens (including phenoxy) is 1. The van der Waals surface area contributed by atoms with E-state index in [9.17, 15) is 10.1 Å². The van der Waals surface area contributed by atoms with Gasteiger partial charge in [-0.2, -0.15) is 5.26 Å². The number of hydrogen-bond donors (Lipinski definition) is 2. The van der Waals surface area contributed by atoms with Crippen molar-refractivity contribution in [3.63, 3.8) is 0 Å². The second-order valence-electron chi connectivity index (χ2n) is 7.05. The highest BCUT2D eigenvalue weighted by Gasteiger charge is 2.08. The number of allylic oxidation sites excluding steroid dienone is 1. The van der Waals surface area contributed by atoms with Gasteiger partial charge < -0.3 is 15.0 Å². The first-order valence-corrected chi connectivity index (χ1v) is 9.77. The fourth-order valence-electron chi connectivity index (χ4n) is 3.13. The van der Waals surface area contributed by atoms with Gasteiger partial charge in [0.15, 0.2) is 6.61 Å². The summed E-state index contributed by atoms with van der Waals surface area (Å²) < 4.78 is 5.56. The first kappa shape index (κ1) is 19.9. The lowest BCUT2D eigenvalue weighted by Gasteiger charge is -2.08. The van der Waals surface area contributed by atoms with E-state index >= 15 is 0 Å². The van der Waals surface area contributed by atoms with Crippen LogP contribution in [0.15, 0.2) is 72.8 Å².